The topological polar surface area (TPSA) is 67.4 Å². The molecule has 0 aromatic heterocycles. The van der Waals surface area contributed by atoms with E-state index in [-0.39, 0.29) is 24.5 Å². The second kappa shape index (κ2) is 8.78. The van der Waals surface area contributed by atoms with Crippen LogP contribution in [0.25, 0.3) is 0 Å². The summed E-state index contributed by atoms with van der Waals surface area (Å²) in [7, 11) is 0. The van der Waals surface area contributed by atoms with Gasteiger partial charge in [-0.15, -0.1) is 0 Å². The van der Waals surface area contributed by atoms with Crippen molar-refractivity contribution in [2.45, 2.75) is 39.8 Å². The molecular weight excluding hydrogens is 348 g/mol. The van der Waals surface area contributed by atoms with E-state index in [1.165, 1.54) is 0 Å². The van der Waals surface area contributed by atoms with Gasteiger partial charge in [-0.05, 0) is 31.4 Å². The lowest BCUT2D eigenvalue weighted by atomic mass is 10.0. The fraction of sp³-hybridized carbons (Fsp3) is 0.500. The lowest BCUT2D eigenvalue weighted by molar-refractivity contribution is -0.124. The molecule has 0 heterocycles. The molecule has 0 aliphatic heterocycles. The molecule has 0 radical (unpaired) electrons. The van der Waals surface area contributed by atoms with Crippen molar-refractivity contribution < 1.29 is 14.3 Å². The average Bonchev–Trinajstić information content (AvgIpc) is 2.44. The Morgan fingerprint density at radius 3 is 2.36 bits per heavy atom. The minimum absolute atomic E-state index is 0.0455. The van der Waals surface area contributed by atoms with E-state index >= 15 is 0 Å². The Morgan fingerprint density at radius 1 is 1.18 bits per heavy atom. The molecule has 1 rings (SSSR count). The van der Waals surface area contributed by atoms with Crippen LogP contribution in [0.5, 0.6) is 0 Å². The van der Waals surface area contributed by atoms with Gasteiger partial charge in [-0.2, -0.15) is 0 Å². The molecule has 22 heavy (non-hydrogen) atoms. The molecule has 0 spiro atoms. The van der Waals surface area contributed by atoms with E-state index in [4.69, 9.17) is 4.74 Å². The van der Waals surface area contributed by atoms with Gasteiger partial charge >= 0.3 is 6.09 Å². The van der Waals surface area contributed by atoms with Crippen LogP contribution in [-0.2, 0) is 9.53 Å². The number of amides is 2. The molecule has 2 atom stereocenters. The third-order valence-electron chi connectivity index (χ3n) is 3.23. The van der Waals surface area contributed by atoms with E-state index in [0.29, 0.717) is 0 Å². The number of hydrogen-bond acceptors (Lipinski definition) is 3. The van der Waals surface area contributed by atoms with Gasteiger partial charge in [0.2, 0.25) is 5.91 Å². The highest BCUT2D eigenvalue weighted by Gasteiger charge is 2.26. The van der Waals surface area contributed by atoms with Crippen molar-refractivity contribution >= 4 is 27.9 Å². The summed E-state index contributed by atoms with van der Waals surface area (Å²) >= 11 is 3.47. The monoisotopic (exact) mass is 370 g/mol. The minimum Gasteiger partial charge on any atom is -0.450 e. The Balaban J connectivity index is 2.75. The fourth-order valence-electron chi connectivity index (χ4n) is 2.04. The van der Waals surface area contributed by atoms with Gasteiger partial charge in [0.05, 0.1) is 12.6 Å². The molecule has 0 aliphatic rings. The first kappa shape index (κ1) is 18.5. The molecule has 6 heteroatoms. The zero-order valence-electron chi connectivity index (χ0n) is 13.4. The largest absolute Gasteiger partial charge is 0.450 e. The third kappa shape index (κ3) is 5.33. The Kier molecular flexibility index (Phi) is 7.38. The molecule has 0 saturated heterocycles. The van der Waals surface area contributed by atoms with E-state index in [9.17, 15) is 9.59 Å². The van der Waals surface area contributed by atoms with Gasteiger partial charge in [-0.1, -0.05) is 48.0 Å². The predicted octanol–water partition coefficient (Wildman–Crippen LogP) is 3.40. The second-order valence-electron chi connectivity index (χ2n) is 5.34. The lowest BCUT2D eigenvalue weighted by Crippen LogP contribution is -2.50. The van der Waals surface area contributed by atoms with Crippen molar-refractivity contribution in [1.29, 1.82) is 0 Å². The molecule has 5 nitrogen and oxygen atoms in total. The number of carbonyl (C=O) groups is 2. The van der Waals surface area contributed by atoms with E-state index in [0.717, 1.165) is 10.0 Å². The van der Waals surface area contributed by atoms with Crippen LogP contribution in [0.1, 0.15) is 39.3 Å². The first-order valence-corrected chi connectivity index (χ1v) is 8.14. The zero-order valence-corrected chi connectivity index (χ0v) is 14.9. The van der Waals surface area contributed by atoms with Crippen LogP contribution >= 0.6 is 15.9 Å². The maximum atomic E-state index is 12.4. The van der Waals surface area contributed by atoms with Gasteiger partial charge < -0.3 is 15.4 Å². The van der Waals surface area contributed by atoms with Crippen LogP contribution < -0.4 is 10.6 Å². The van der Waals surface area contributed by atoms with Crippen LogP contribution in [0.4, 0.5) is 4.79 Å². The highest BCUT2D eigenvalue weighted by atomic mass is 79.9. The number of rotatable bonds is 6. The van der Waals surface area contributed by atoms with E-state index in [2.05, 4.69) is 26.6 Å². The average molecular weight is 371 g/mol. The SMILES string of the molecule is CCOC(=O)NC(C(=O)NC(C)c1ccccc1Br)C(C)C. The maximum absolute atomic E-state index is 12.4. The number of ether oxygens (including phenoxy) is 1. The molecule has 0 fully saturated rings. The molecule has 2 unspecified atom stereocenters. The molecule has 0 saturated carbocycles. The van der Waals surface area contributed by atoms with E-state index < -0.39 is 12.1 Å². The summed E-state index contributed by atoms with van der Waals surface area (Å²) in [5.41, 5.74) is 0.981. The number of halogens is 1. The standard InChI is InChI=1S/C16H23BrN2O3/c1-5-22-16(21)19-14(10(2)3)15(20)18-11(4)12-8-6-7-9-13(12)17/h6-11,14H,5H2,1-4H3,(H,18,20)(H,19,21). The Morgan fingerprint density at radius 2 is 1.82 bits per heavy atom. The number of alkyl carbamates (subject to hydrolysis) is 1. The molecule has 2 N–H and O–H groups in total. The summed E-state index contributed by atoms with van der Waals surface area (Å²) in [4.78, 5) is 24.0. The highest BCUT2D eigenvalue weighted by Crippen LogP contribution is 2.22. The quantitative estimate of drug-likeness (QED) is 0.806. The van der Waals surface area contributed by atoms with Crippen molar-refractivity contribution in [2.24, 2.45) is 5.92 Å². The predicted molar refractivity (Wildman–Crippen MR) is 89.5 cm³/mol. The Hall–Kier alpha value is -1.56. The van der Waals surface area contributed by atoms with Crippen LogP contribution in [0.15, 0.2) is 28.7 Å². The van der Waals surface area contributed by atoms with Crippen molar-refractivity contribution in [3.05, 3.63) is 34.3 Å². The van der Waals surface area contributed by atoms with Crippen molar-refractivity contribution in [3.8, 4) is 0 Å². The van der Waals surface area contributed by atoms with Gasteiger partial charge in [0.15, 0.2) is 0 Å². The summed E-state index contributed by atoms with van der Waals surface area (Å²) in [5.74, 6) is -0.276. The maximum Gasteiger partial charge on any atom is 0.407 e. The second-order valence-corrected chi connectivity index (χ2v) is 6.19. The summed E-state index contributed by atoms with van der Waals surface area (Å²) < 4.78 is 5.78. The minimum atomic E-state index is -0.635. The summed E-state index contributed by atoms with van der Waals surface area (Å²) in [5, 5.41) is 5.53. The Bertz CT molecular complexity index is 520. The number of nitrogens with one attached hydrogen (secondary N) is 2. The van der Waals surface area contributed by atoms with Crippen molar-refractivity contribution in [2.75, 3.05) is 6.61 Å². The van der Waals surface area contributed by atoms with Gasteiger partial charge in [-0.25, -0.2) is 4.79 Å². The van der Waals surface area contributed by atoms with Gasteiger partial charge in [-0.3, -0.25) is 4.79 Å². The first-order valence-electron chi connectivity index (χ1n) is 7.34. The number of benzene rings is 1. The molecule has 2 amide bonds. The van der Waals surface area contributed by atoms with E-state index in [1.54, 1.807) is 6.92 Å². The van der Waals surface area contributed by atoms with Gasteiger partial charge in [0.1, 0.15) is 6.04 Å². The normalized spacial score (nSPS) is 13.4. The highest BCUT2D eigenvalue weighted by molar-refractivity contribution is 9.10. The smallest absolute Gasteiger partial charge is 0.407 e. The zero-order chi connectivity index (χ0) is 16.7. The summed E-state index contributed by atoms with van der Waals surface area (Å²) in [6.45, 7) is 7.64. The van der Waals surface area contributed by atoms with Crippen molar-refractivity contribution in [3.63, 3.8) is 0 Å². The molecule has 1 aromatic carbocycles. The van der Waals surface area contributed by atoms with Gasteiger partial charge in [0.25, 0.3) is 0 Å². The third-order valence-corrected chi connectivity index (χ3v) is 3.95. The summed E-state index contributed by atoms with van der Waals surface area (Å²) in [6, 6.07) is 6.89. The summed E-state index contributed by atoms with van der Waals surface area (Å²) in [6.07, 6.45) is -0.579. The lowest BCUT2D eigenvalue weighted by Gasteiger charge is -2.24. The molecule has 1 aromatic rings. The van der Waals surface area contributed by atoms with Crippen LogP contribution in [0.2, 0.25) is 0 Å². The van der Waals surface area contributed by atoms with Crippen molar-refractivity contribution in [1.82, 2.24) is 10.6 Å². The van der Waals surface area contributed by atoms with E-state index in [1.807, 2.05) is 45.0 Å². The first-order chi connectivity index (χ1) is 10.4. The molecular formula is C16H23BrN2O3. The molecule has 122 valence electrons. The molecule has 0 aliphatic carbocycles. The van der Waals surface area contributed by atoms with Gasteiger partial charge in [0, 0.05) is 4.47 Å². The van der Waals surface area contributed by atoms with Crippen LogP contribution in [-0.4, -0.2) is 24.6 Å². The number of carbonyl (C=O) groups excluding carboxylic acids is 2. The van der Waals surface area contributed by atoms with Crippen LogP contribution in [0, 0.1) is 5.92 Å². The number of hydrogen-bond donors (Lipinski definition) is 2. The molecule has 0 bridgehead atoms. The Labute approximate surface area is 139 Å². The fourth-order valence-corrected chi connectivity index (χ4v) is 2.67. The van der Waals surface area contributed by atoms with Crippen LogP contribution in [0.3, 0.4) is 0 Å².